The number of anilines is 1. The number of hydrogen-bond acceptors (Lipinski definition) is 5. The molecule has 2 aromatic rings. The van der Waals surface area contributed by atoms with E-state index >= 15 is 0 Å². The number of aliphatic imine (C=N–C) groups is 1. The largest absolute Gasteiger partial charge is 0.497 e. The molecule has 3 rings (SSSR count). The minimum absolute atomic E-state index is 0.222. The Bertz CT molecular complexity index is 871. The molecule has 2 atom stereocenters. The van der Waals surface area contributed by atoms with Crippen molar-refractivity contribution in [3.8, 4) is 17.2 Å². The standard InChI is InChI=1S/C23H31FN4O3/c1-16(31-22-8-6-5-7-21(22)24)14-26-23(25-2)27-17-9-10-28(15-17)18-11-19(29-3)13-20(12-18)30-4/h5-8,11-13,16-17H,9-10,14-15H2,1-4H3,(H2,25,26,27). The van der Waals surface area contributed by atoms with Crippen LogP contribution in [0.3, 0.4) is 0 Å². The zero-order valence-electron chi connectivity index (χ0n) is 18.5. The van der Waals surface area contributed by atoms with E-state index in [4.69, 9.17) is 14.2 Å². The van der Waals surface area contributed by atoms with E-state index in [1.54, 1.807) is 39.5 Å². The van der Waals surface area contributed by atoms with E-state index in [2.05, 4.69) is 20.5 Å². The number of nitrogens with zero attached hydrogens (tertiary/aromatic N) is 2. The summed E-state index contributed by atoms with van der Waals surface area (Å²) in [6.07, 6.45) is 0.751. The molecule has 0 saturated carbocycles. The van der Waals surface area contributed by atoms with Crippen LogP contribution in [0.2, 0.25) is 0 Å². The maximum atomic E-state index is 13.8. The van der Waals surface area contributed by atoms with Gasteiger partial charge >= 0.3 is 0 Å². The second-order valence-electron chi connectivity index (χ2n) is 7.46. The summed E-state index contributed by atoms with van der Waals surface area (Å²) in [5.74, 6) is 2.12. The molecule has 0 spiro atoms. The Morgan fingerprint density at radius 3 is 2.55 bits per heavy atom. The molecule has 168 valence electrons. The molecule has 0 aliphatic carbocycles. The van der Waals surface area contributed by atoms with Crippen molar-refractivity contribution in [2.24, 2.45) is 4.99 Å². The predicted octanol–water partition coefficient (Wildman–Crippen LogP) is 3.05. The molecule has 0 bridgehead atoms. The number of halogens is 1. The van der Waals surface area contributed by atoms with Crippen molar-refractivity contribution < 1.29 is 18.6 Å². The van der Waals surface area contributed by atoms with Gasteiger partial charge in [-0.2, -0.15) is 0 Å². The maximum Gasteiger partial charge on any atom is 0.191 e. The van der Waals surface area contributed by atoms with E-state index in [0.29, 0.717) is 12.5 Å². The van der Waals surface area contributed by atoms with Crippen molar-refractivity contribution in [1.82, 2.24) is 10.6 Å². The van der Waals surface area contributed by atoms with Crippen LogP contribution >= 0.6 is 0 Å². The average Bonchev–Trinajstić information content (AvgIpc) is 3.26. The SMILES string of the molecule is CN=C(NCC(C)Oc1ccccc1F)NC1CCN(c2cc(OC)cc(OC)c2)C1. The van der Waals surface area contributed by atoms with Crippen LogP contribution in [0.1, 0.15) is 13.3 Å². The Morgan fingerprint density at radius 2 is 1.90 bits per heavy atom. The number of para-hydroxylation sites is 1. The number of benzene rings is 2. The summed E-state index contributed by atoms with van der Waals surface area (Å²) in [4.78, 5) is 6.60. The van der Waals surface area contributed by atoms with E-state index < -0.39 is 0 Å². The quantitative estimate of drug-likeness (QED) is 0.496. The second kappa shape index (κ2) is 10.7. The molecular weight excluding hydrogens is 399 g/mol. The van der Waals surface area contributed by atoms with Crippen LogP contribution in [0.4, 0.5) is 10.1 Å². The second-order valence-corrected chi connectivity index (χ2v) is 7.46. The van der Waals surface area contributed by atoms with Crippen LogP contribution < -0.4 is 29.7 Å². The Hall–Kier alpha value is -3.16. The topological polar surface area (TPSA) is 67.4 Å². The highest BCUT2D eigenvalue weighted by molar-refractivity contribution is 5.80. The molecule has 1 saturated heterocycles. The number of ether oxygens (including phenoxy) is 3. The number of methoxy groups -OCH3 is 2. The number of nitrogens with one attached hydrogen (secondary N) is 2. The van der Waals surface area contributed by atoms with Crippen LogP contribution in [0.15, 0.2) is 47.5 Å². The first-order chi connectivity index (χ1) is 15.0. The van der Waals surface area contributed by atoms with E-state index in [1.165, 1.54) is 6.07 Å². The minimum Gasteiger partial charge on any atom is -0.497 e. The maximum absolute atomic E-state index is 13.8. The average molecular weight is 431 g/mol. The van der Waals surface area contributed by atoms with E-state index in [0.717, 1.165) is 36.7 Å². The Morgan fingerprint density at radius 1 is 1.19 bits per heavy atom. The third-order valence-corrected chi connectivity index (χ3v) is 5.18. The van der Waals surface area contributed by atoms with Gasteiger partial charge in [-0.05, 0) is 25.5 Å². The van der Waals surface area contributed by atoms with Gasteiger partial charge in [0.1, 0.15) is 17.6 Å². The summed E-state index contributed by atoms with van der Waals surface area (Å²) >= 11 is 0. The third-order valence-electron chi connectivity index (χ3n) is 5.18. The first-order valence-electron chi connectivity index (χ1n) is 10.4. The number of hydrogen-bond donors (Lipinski definition) is 2. The lowest BCUT2D eigenvalue weighted by Crippen LogP contribution is -2.47. The van der Waals surface area contributed by atoms with Crippen molar-refractivity contribution in [1.29, 1.82) is 0 Å². The number of rotatable bonds is 8. The van der Waals surface area contributed by atoms with Crippen molar-refractivity contribution in [3.63, 3.8) is 0 Å². The molecule has 1 aliphatic heterocycles. The molecule has 1 heterocycles. The zero-order valence-corrected chi connectivity index (χ0v) is 18.5. The van der Waals surface area contributed by atoms with E-state index in [-0.39, 0.29) is 23.7 Å². The molecule has 7 nitrogen and oxygen atoms in total. The highest BCUT2D eigenvalue weighted by Crippen LogP contribution is 2.30. The molecule has 0 aromatic heterocycles. The lowest BCUT2D eigenvalue weighted by Gasteiger charge is -2.22. The van der Waals surface area contributed by atoms with Crippen molar-refractivity contribution in [2.75, 3.05) is 45.8 Å². The number of guanidine groups is 1. The van der Waals surface area contributed by atoms with Gasteiger partial charge in [0.25, 0.3) is 0 Å². The summed E-state index contributed by atoms with van der Waals surface area (Å²) in [5.41, 5.74) is 1.07. The van der Waals surface area contributed by atoms with Crippen LogP contribution in [0.5, 0.6) is 17.2 Å². The fourth-order valence-electron chi connectivity index (χ4n) is 3.51. The van der Waals surface area contributed by atoms with Crippen LogP contribution in [0.25, 0.3) is 0 Å². The smallest absolute Gasteiger partial charge is 0.191 e. The van der Waals surface area contributed by atoms with Crippen molar-refractivity contribution >= 4 is 11.6 Å². The first kappa shape index (κ1) is 22.5. The fraction of sp³-hybridized carbons (Fsp3) is 0.435. The predicted molar refractivity (Wildman–Crippen MR) is 121 cm³/mol. The van der Waals surface area contributed by atoms with Crippen LogP contribution in [-0.2, 0) is 0 Å². The Labute approximate surface area is 183 Å². The van der Waals surface area contributed by atoms with E-state index in [1.807, 2.05) is 25.1 Å². The fourth-order valence-corrected chi connectivity index (χ4v) is 3.51. The Balaban J connectivity index is 1.51. The molecule has 2 aromatic carbocycles. The molecule has 0 amide bonds. The van der Waals surface area contributed by atoms with Gasteiger partial charge in [0.15, 0.2) is 17.5 Å². The van der Waals surface area contributed by atoms with E-state index in [9.17, 15) is 4.39 Å². The summed E-state index contributed by atoms with van der Waals surface area (Å²) in [6.45, 7) is 4.13. The van der Waals surface area contributed by atoms with Gasteiger partial charge in [0.2, 0.25) is 0 Å². The van der Waals surface area contributed by atoms with Gasteiger partial charge in [-0.25, -0.2) is 4.39 Å². The molecule has 2 unspecified atom stereocenters. The van der Waals surface area contributed by atoms with Gasteiger partial charge in [-0.15, -0.1) is 0 Å². The monoisotopic (exact) mass is 430 g/mol. The lowest BCUT2D eigenvalue weighted by molar-refractivity contribution is 0.214. The molecule has 1 aliphatic rings. The van der Waals surface area contributed by atoms with Crippen LogP contribution in [0, 0.1) is 5.82 Å². The normalized spacial score (nSPS) is 17.3. The van der Waals surface area contributed by atoms with Gasteiger partial charge < -0.3 is 29.7 Å². The summed E-state index contributed by atoms with van der Waals surface area (Å²) < 4.78 is 30.2. The summed E-state index contributed by atoms with van der Waals surface area (Å²) in [6, 6.07) is 12.5. The zero-order chi connectivity index (χ0) is 22.2. The molecule has 8 heteroatoms. The molecule has 1 fully saturated rings. The summed E-state index contributed by atoms with van der Waals surface area (Å²) in [7, 11) is 5.04. The van der Waals surface area contributed by atoms with Gasteiger partial charge in [0.05, 0.1) is 20.8 Å². The van der Waals surface area contributed by atoms with Gasteiger partial charge in [0, 0.05) is 50.1 Å². The van der Waals surface area contributed by atoms with Gasteiger partial charge in [-0.1, -0.05) is 12.1 Å². The summed E-state index contributed by atoms with van der Waals surface area (Å²) in [5, 5.41) is 6.72. The molecule has 2 N–H and O–H groups in total. The Kier molecular flexibility index (Phi) is 7.81. The highest BCUT2D eigenvalue weighted by Gasteiger charge is 2.24. The first-order valence-corrected chi connectivity index (χ1v) is 10.4. The molecule has 0 radical (unpaired) electrons. The minimum atomic E-state index is -0.364. The molecular formula is C23H31FN4O3. The lowest BCUT2D eigenvalue weighted by atomic mass is 10.2. The van der Waals surface area contributed by atoms with Gasteiger partial charge in [-0.3, -0.25) is 4.99 Å². The van der Waals surface area contributed by atoms with Crippen LogP contribution in [-0.4, -0.2) is 59.0 Å². The highest BCUT2D eigenvalue weighted by atomic mass is 19.1. The van der Waals surface area contributed by atoms with Crippen molar-refractivity contribution in [3.05, 3.63) is 48.3 Å². The third kappa shape index (κ3) is 6.16. The van der Waals surface area contributed by atoms with Crippen molar-refractivity contribution in [2.45, 2.75) is 25.5 Å². The molecule has 31 heavy (non-hydrogen) atoms.